The van der Waals surface area contributed by atoms with E-state index in [9.17, 15) is 17.6 Å². The monoisotopic (exact) mass is 486 g/mol. The summed E-state index contributed by atoms with van der Waals surface area (Å²) in [5.74, 6) is 1.79. The van der Waals surface area contributed by atoms with Gasteiger partial charge < -0.3 is 4.90 Å². The van der Waals surface area contributed by atoms with Gasteiger partial charge in [-0.3, -0.25) is 9.13 Å². The zero-order valence-electron chi connectivity index (χ0n) is 19.3. The molecule has 0 fully saturated rings. The Morgan fingerprint density at radius 1 is 1.06 bits per heavy atom. The smallest absolute Gasteiger partial charge is 0.342 e. The topological polar surface area (TPSA) is 77.5 Å². The molecule has 5 rings (SSSR count). The zero-order valence-corrected chi connectivity index (χ0v) is 19.3. The number of alkyl halides is 3. The normalized spacial score (nSPS) is 17.4. The van der Waals surface area contributed by atoms with Gasteiger partial charge in [-0.15, -0.1) is 10.2 Å². The first kappa shape index (κ1) is 22.9. The molecule has 3 aromatic heterocycles. The Morgan fingerprint density at radius 3 is 2.49 bits per heavy atom. The molecule has 0 amide bonds. The Kier molecular flexibility index (Phi) is 5.33. The summed E-state index contributed by atoms with van der Waals surface area (Å²) in [5, 5.41) is 8.48. The van der Waals surface area contributed by atoms with E-state index in [1.165, 1.54) is 12.1 Å². The number of benzene rings is 1. The molecule has 0 saturated heterocycles. The van der Waals surface area contributed by atoms with Gasteiger partial charge in [0.05, 0.1) is 18.2 Å². The molecule has 1 unspecified atom stereocenters. The van der Waals surface area contributed by atoms with Gasteiger partial charge in [0.25, 0.3) is 0 Å². The Morgan fingerprint density at radius 2 is 1.80 bits per heavy atom. The first-order valence-electron chi connectivity index (χ1n) is 11.1. The summed E-state index contributed by atoms with van der Waals surface area (Å²) in [7, 11) is 0. The van der Waals surface area contributed by atoms with Crippen molar-refractivity contribution < 1.29 is 17.6 Å². The molecule has 0 spiro atoms. The number of anilines is 1. The third-order valence-electron chi connectivity index (χ3n) is 6.40. The van der Waals surface area contributed by atoms with Crippen molar-refractivity contribution in [2.24, 2.45) is 0 Å². The summed E-state index contributed by atoms with van der Waals surface area (Å²) in [5.41, 5.74) is 0.268. The molecule has 4 aromatic rings. The molecule has 0 bridgehead atoms. The van der Waals surface area contributed by atoms with Gasteiger partial charge in [0.1, 0.15) is 23.2 Å². The van der Waals surface area contributed by atoms with E-state index < -0.39 is 18.1 Å². The van der Waals surface area contributed by atoms with Crippen LogP contribution in [0.25, 0.3) is 23.0 Å². The fraction of sp³-hybridized carbons (Fsp3) is 0.348. The van der Waals surface area contributed by atoms with Crippen molar-refractivity contribution >= 4 is 5.82 Å². The highest BCUT2D eigenvalue weighted by Crippen LogP contribution is 2.43. The van der Waals surface area contributed by atoms with E-state index in [4.69, 9.17) is 4.98 Å². The number of aromatic nitrogens is 7. The van der Waals surface area contributed by atoms with Gasteiger partial charge in [-0.2, -0.15) is 18.2 Å². The highest BCUT2D eigenvalue weighted by molar-refractivity contribution is 5.65. The van der Waals surface area contributed by atoms with Gasteiger partial charge in [0.15, 0.2) is 11.6 Å². The second-order valence-corrected chi connectivity index (χ2v) is 8.56. The number of nitrogens with zero attached hydrogens (tertiary/aromatic N) is 8. The second kappa shape index (κ2) is 8.14. The Balaban J connectivity index is 1.67. The minimum atomic E-state index is -4.34. The molecule has 1 aliphatic rings. The van der Waals surface area contributed by atoms with Gasteiger partial charge >= 0.3 is 6.18 Å². The summed E-state index contributed by atoms with van der Waals surface area (Å²) < 4.78 is 56.7. The average Bonchev–Trinajstić information content (AvgIpc) is 3.46. The molecule has 0 saturated carbocycles. The number of halogens is 4. The lowest BCUT2D eigenvalue weighted by Gasteiger charge is -2.45. The highest BCUT2D eigenvalue weighted by atomic mass is 19.4. The minimum absolute atomic E-state index is 0.227. The molecule has 35 heavy (non-hydrogen) atoms. The van der Waals surface area contributed by atoms with Crippen LogP contribution in [0.2, 0.25) is 0 Å². The van der Waals surface area contributed by atoms with Gasteiger partial charge in [-0.1, -0.05) is 6.92 Å². The summed E-state index contributed by atoms with van der Waals surface area (Å²) in [6.07, 6.45) is -0.111. The predicted molar refractivity (Wildman–Crippen MR) is 120 cm³/mol. The quantitative estimate of drug-likeness (QED) is 0.379. The van der Waals surface area contributed by atoms with Crippen LogP contribution in [-0.4, -0.2) is 47.0 Å². The highest BCUT2D eigenvalue weighted by Gasteiger charge is 2.45. The molecular formula is C23H22F4N8. The summed E-state index contributed by atoms with van der Waals surface area (Å²) in [6.45, 7) is 5.20. The van der Waals surface area contributed by atoms with E-state index >= 15 is 0 Å². The van der Waals surface area contributed by atoms with Crippen LogP contribution in [0.15, 0.2) is 42.9 Å². The number of hydrogen-bond acceptors (Lipinski definition) is 6. The van der Waals surface area contributed by atoms with Crippen molar-refractivity contribution in [2.45, 2.75) is 45.3 Å². The molecule has 1 aromatic carbocycles. The van der Waals surface area contributed by atoms with E-state index in [1.54, 1.807) is 51.7 Å². The Hall–Kier alpha value is -3.83. The molecule has 0 aliphatic carbocycles. The van der Waals surface area contributed by atoms with Crippen molar-refractivity contribution in [3.63, 3.8) is 0 Å². The number of hydrogen-bond donors (Lipinski definition) is 0. The van der Waals surface area contributed by atoms with Gasteiger partial charge in [0.2, 0.25) is 5.95 Å². The van der Waals surface area contributed by atoms with E-state index in [0.29, 0.717) is 41.0 Å². The van der Waals surface area contributed by atoms with Crippen LogP contribution in [0.1, 0.15) is 38.3 Å². The van der Waals surface area contributed by atoms with Crippen LogP contribution in [0.4, 0.5) is 23.4 Å². The van der Waals surface area contributed by atoms with Crippen LogP contribution in [0, 0.1) is 12.7 Å². The molecule has 4 heterocycles. The lowest BCUT2D eigenvalue weighted by molar-refractivity contribution is -0.133. The second-order valence-electron chi connectivity index (χ2n) is 8.56. The van der Waals surface area contributed by atoms with Crippen molar-refractivity contribution in [3.05, 3.63) is 60.3 Å². The van der Waals surface area contributed by atoms with E-state index in [2.05, 4.69) is 20.2 Å². The number of aryl methyl sites for hydroxylation is 1. The maximum Gasteiger partial charge on any atom is 0.390 e. The van der Waals surface area contributed by atoms with Crippen LogP contribution in [0.5, 0.6) is 0 Å². The lowest BCUT2D eigenvalue weighted by atomic mass is 9.92. The number of imidazole rings is 1. The largest absolute Gasteiger partial charge is 0.390 e. The Bertz CT molecular complexity index is 1380. The third kappa shape index (κ3) is 3.82. The molecular weight excluding hydrogens is 464 g/mol. The predicted octanol–water partition coefficient (Wildman–Crippen LogP) is 4.76. The maximum absolute atomic E-state index is 13.4. The third-order valence-corrected chi connectivity index (χ3v) is 6.40. The zero-order chi connectivity index (χ0) is 25.0. The van der Waals surface area contributed by atoms with Gasteiger partial charge in [-0.25, -0.2) is 14.4 Å². The van der Waals surface area contributed by atoms with Crippen molar-refractivity contribution in [1.82, 2.24) is 34.3 Å². The van der Waals surface area contributed by atoms with Crippen molar-refractivity contribution in [2.75, 3.05) is 11.4 Å². The van der Waals surface area contributed by atoms with Crippen molar-refractivity contribution in [1.29, 1.82) is 0 Å². The average molecular weight is 486 g/mol. The molecule has 12 heteroatoms. The van der Waals surface area contributed by atoms with Crippen LogP contribution in [0.3, 0.4) is 0 Å². The molecule has 1 aliphatic heterocycles. The van der Waals surface area contributed by atoms with Crippen LogP contribution < -0.4 is 4.90 Å². The van der Waals surface area contributed by atoms with Gasteiger partial charge in [0, 0.05) is 24.5 Å². The summed E-state index contributed by atoms with van der Waals surface area (Å²) in [4.78, 5) is 15.2. The summed E-state index contributed by atoms with van der Waals surface area (Å²) in [6, 6.07) is 5.82. The van der Waals surface area contributed by atoms with Crippen LogP contribution in [-0.2, 0) is 5.54 Å². The first-order valence-corrected chi connectivity index (χ1v) is 11.1. The molecule has 0 radical (unpaired) electrons. The first-order chi connectivity index (χ1) is 16.6. The standard InChI is InChI=1S/C23H22F4N8/c1-4-22(3)20-32-31-14(2)35(20)17-13-29-21(30-19(17)34(22)11-9-23(25,26)27)33-12-10-28-18(33)15-5-7-16(24)8-6-15/h5-8,10,12-13H,4,9,11H2,1-3H3. The maximum atomic E-state index is 13.4. The van der Waals surface area contributed by atoms with Gasteiger partial charge in [-0.05, 0) is 44.5 Å². The molecule has 182 valence electrons. The fourth-order valence-corrected chi connectivity index (χ4v) is 4.40. The van der Waals surface area contributed by atoms with E-state index in [0.717, 1.165) is 0 Å². The minimum Gasteiger partial charge on any atom is -0.342 e. The van der Waals surface area contributed by atoms with Crippen molar-refractivity contribution in [3.8, 4) is 23.0 Å². The molecule has 8 nitrogen and oxygen atoms in total. The summed E-state index contributed by atoms with van der Waals surface area (Å²) >= 11 is 0. The van der Waals surface area contributed by atoms with Crippen LogP contribution >= 0.6 is 0 Å². The molecule has 0 N–H and O–H groups in total. The lowest BCUT2D eigenvalue weighted by Crippen LogP contribution is -2.50. The number of rotatable bonds is 5. The van der Waals surface area contributed by atoms with E-state index in [1.807, 2.05) is 13.8 Å². The Labute approximate surface area is 198 Å². The fourth-order valence-electron chi connectivity index (χ4n) is 4.40. The molecule has 1 atom stereocenters. The SMILES string of the molecule is CCC1(C)c2nnc(C)n2-c2cnc(-n3ccnc3-c3ccc(F)cc3)nc2N1CCC(F)(F)F. The number of fused-ring (bicyclic) bond motifs is 3. The van der Waals surface area contributed by atoms with E-state index in [-0.39, 0.29) is 18.3 Å².